The Morgan fingerprint density at radius 2 is 1.74 bits per heavy atom. The van der Waals surface area contributed by atoms with Crippen molar-refractivity contribution in [3.63, 3.8) is 0 Å². The molecule has 2 aromatic carbocycles. The monoisotopic (exact) mass is 289 g/mol. The first-order valence-electron chi connectivity index (χ1n) is 5.80. The van der Waals surface area contributed by atoms with E-state index in [4.69, 9.17) is 11.6 Å². The highest BCUT2D eigenvalue weighted by atomic mass is 35.5. The van der Waals surface area contributed by atoms with Gasteiger partial charge in [0.05, 0.1) is 32.7 Å². The Balaban J connectivity index is 2.19. The summed E-state index contributed by atoms with van der Waals surface area (Å²) in [6.45, 7) is 0. The van der Waals surface area contributed by atoms with Crippen molar-refractivity contribution in [2.45, 2.75) is 10.8 Å². The minimum absolute atomic E-state index is 0.254. The first-order chi connectivity index (χ1) is 9.22. The third kappa shape index (κ3) is 3.44. The Morgan fingerprint density at radius 1 is 1.11 bits per heavy atom. The van der Waals surface area contributed by atoms with Crippen LogP contribution in [0.4, 0.5) is 0 Å². The van der Waals surface area contributed by atoms with Crippen LogP contribution in [-0.4, -0.2) is 9.96 Å². The molecule has 0 amide bonds. The van der Waals surface area contributed by atoms with Gasteiger partial charge in [-0.2, -0.15) is 5.26 Å². The van der Waals surface area contributed by atoms with Crippen molar-refractivity contribution in [1.29, 1.82) is 5.26 Å². The molecule has 4 heteroatoms. The summed E-state index contributed by atoms with van der Waals surface area (Å²) in [6, 6.07) is 18.6. The summed E-state index contributed by atoms with van der Waals surface area (Å²) < 4.78 is 12.3. The SMILES string of the molecule is N#CC(CS(=O)c1ccccc1Cl)c1ccccc1. The molecule has 0 N–H and O–H groups in total. The molecule has 96 valence electrons. The van der Waals surface area contributed by atoms with Crippen LogP contribution < -0.4 is 0 Å². The molecule has 0 fully saturated rings. The predicted octanol–water partition coefficient (Wildman–Crippen LogP) is 3.75. The van der Waals surface area contributed by atoms with Gasteiger partial charge in [0.2, 0.25) is 0 Å². The summed E-state index contributed by atoms with van der Waals surface area (Å²) >= 11 is 6.02. The highest BCUT2D eigenvalue weighted by Crippen LogP contribution is 2.23. The molecule has 2 aromatic rings. The molecule has 0 aliphatic carbocycles. The standard InChI is InChI=1S/C15H12ClNOS/c16-14-8-4-5-9-15(14)19(18)11-13(10-17)12-6-2-1-3-7-12/h1-9,13H,11H2. The lowest BCUT2D eigenvalue weighted by atomic mass is 10.0. The Labute approximate surface area is 120 Å². The number of halogens is 1. The fourth-order valence-electron chi connectivity index (χ4n) is 1.76. The molecule has 0 radical (unpaired) electrons. The quantitative estimate of drug-likeness (QED) is 0.860. The van der Waals surface area contributed by atoms with E-state index >= 15 is 0 Å². The maximum atomic E-state index is 12.3. The average molecular weight is 290 g/mol. The Hall–Kier alpha value is -1.63. The molecule has 0 bridgehead atoms. The predicted molar refractivity (Wildman–Crippen MR) is 77.5 cm³/mol. The van der Waals surface area contributed by atoms with Gasteiger partial charge < -0.3 is 0 Å². The molecule has 2 unspecified atom stereocenters. The molecular formula is C15H12ClNOS. The molecule has 0 saturated carbocycles. The minimum atomic E-state index is -1.28. The second-order valence-corrected chi connectivity index (χ2v) is 5.91. The number of nitrogens with zero attached hydrogens (tertiary/aromatic N) is 1. The smallest absolute Gasteiger partial charge is 0.0831 e. The third-order valence-electron chi connectivity index (χ3n) is 2.76. The summed E-state index contributed by atoms with van der Waals surface area (Å²) in [5, 5.41) is 9.70. The molecule has 0 saturated heterocycles. The van der Waals surface area contributed by atoms with Gasteiger partial charge in [-0.3, -0.25) is 4.21 Å². The maximum absolute atomic E-state index is 12.3. The number of hydrogen-bond donors (Lipinski definition) is 0. The van der Waals surface area contributed by atoms with Crippen LogP contribution in [0.15, 0.2) is 59.5 Å². The summed E-state index contributed by atoms with van der Waals surface area (Å²) in [7, 11) is -1.28. The summed E-state index contributed by atoms with van der Waals surface area (Å²) in [4.78, 5) is 0.584. The van der Waals surface area contributed by atoms with Gasteiger partial charge in [0.1, 0.15) is 0 Å². The molecule has 0 heterocycles. The van der Waals surface area contributed by atoms with Gasteiger partial charge in [-0.15, -0.1) is 0 Å². The topological polar surface area (TPSA) is 40.9 Å². The van der Waals surface area contributed by atoms with Crippen molar-refractivity contribution in [1.82, 2.24) is 0 Å². The van der Waals surface area contributed by atoms with E-state index in [0.29, 0.717) is 9.92 Å². The molecular weight excluding hydrogens is 278 g/mol. The van der Waals surface area contributed by atoms with Crippen molar-refractivity contribution < 1.29 is 4.21 Å². The summed E-state index contributed by atoms with van der Waals surface area (Å²) in [5.74, 6) is -0.136. The van der Waals surface area contributed by atoms with Crippen LogP contribution in [0, 0.1) is 11.3 Å². The van der Waals surface area contributed by atoms with Gasteiger partial charge in [-0.1, -0.05) is 54.1 Å². The van der Waals surface area contributed by atoms with Crippen LogP contribution in [0.5, 0.6) is 0 Å². The zero-order chi connectivity index (χ0) is 13.7. The molecule has 0 aliphatic rings. The first-order valence-corrected chi connectivity index (χ1v) is 7.49. The van der Waals surface area contributed by atoms with Gasteiger partial charge in [-0.25, -0.2) is 0 Å². The lowest BCUT2D eigenvalue weighted by molar-refractivity contribution is 0.680. The van der Waals surface area contributed by atoms with Gasteiger partial charge in [0, 0.05) is 5.75 Å². The van der Waals surface area contributed by atoms with E-state index in [-0.39, 0.29) is 5.75 Å². The van der Waals surface area contributed by atoms with E-state index in [0.717, 1.165) is 5.56 Å². The summed E-state index contributed by atoms with van der Waals surface area (Å²) in [5.41, 5.74) is 0.880. The Kier molecular flexibility index (Phi) is 4.73. The molecule has 0 aliphatic heterocycles. The van der Waals surface area contributed by atoms with Gasteiger partial charge in [-0.05, 0) is 17.7 Å². The maximum Gasteiger partial charge on any atom is 0.0831 e. The minimum Gasteiger partial charge on any atom is -0.254 e. The van der Waals surface area contributed by atoms with E-state index in [1.807, 2.05) is 30.3 Å². The molecule has 2 nitrogen and oxygen atoms in total. The summed E-state index contributed by atoms with van der Waals surface area (Å²) in [6.07, 6.45) is 0. The van der Waals surface area contributed by atoms with Gasteiger partial charge in [0.15, 0.2) is 0 Å². The van der Waals surface area contributed by atoms with Crippen LogP contribution >= 0.6 is 11.6 Å². The number of rotatable bonds is 4. The zero-order valence-electron chi connectivity index (χ0n) is 10.1. The highest BCUT2D eigenvalue weighted by Gasteiger charge is 2.17. The lowest BCUT2D eigenvalue weighted by Gasteiger charge is -2.10. The second kappa shape index (κ2) is 6.51. The molecule has 0 spiro atoms. The van der Waals surface area contributed by atoms with E-state index < -0.39 is 16.7 Å². The molecule has 2 atom stereocenters. The Bertz CT molecular complexity index is 622. The number of nitriles is 1. The average Bonchev–Trinajstić information content (AvgIpc) is 2.46. The second-order valence-electron chi connectivity index (χ2n) is 4.03. The van der Waals surface area contributed by atoms with E-state index in [9.17, 15) is 9.47 Å². The van der Waals surface area contributed by atoms with E-state index in [1.54, 1.807) is 24.3 Å². The van der Waals surface area contributed by atoms with E-state index in [1.165, 1.54) is 0 Å². The first kappa shape index (κ1) is 13.8. The van der Waals surface area contributed by atoms with E-state index in [2.05, 4.69) is 6.07 Å². The number of hydrogen-bond acceptors (Lipinski definition) is 2. The van der Waals surface area contributed by atoms with Crippen LogP contribution in [0.3, 0.4) is 0 Å². The van der Waals surface area contributed by atoms with Crippen LogP contribution in [-0.2, 0) is 10.8 Å². The fraction of sp³-hybridized carbons (Fsp3) is 0.133. The van der Waals surface area contributed by atoms with Crippen molar-refractivity contribution in [2.75, 3.05) is 5.75 Å². The fourth-order valence-corrected chi connectivity index (χ4v) is 3.42. The zero-order valence-corrected chi connectivity index (χ0v) is 11.7. The third-order valence-corrected chi connectivity index (χ3v) is 4.68. The van der Waals surface area contributed by atoms with Crippen LogP contribution in [0.2, 0.25) is 5.02 Å². The van der Waals surface area contributed by atoms with Crippen molar-refractivity contribution >= 4 is 22.4 Å². The van der Waals surface area contributed by atoms with Crippen molar-refractivity contribution in [3.05, 3.63) is 65.2 Å². The van der Waals surface area contributed by atoms with Crippen molar-refractivity contribution in [2.24, 2.45) is 0 Å². The molecule has 19 heavy (non-hydrogen) atoms. The molecule has 2 rings (SSSR count). The van der Waals surface area contributed by atoms with Gasteiger partial charge >= 0.3 is 0 Å². The van der Waals surface area contributed by atoms with Gasteiger partial charge in [0.25, 0.3) is 0 Å². The highest BCUT2D eigenvalue weighted by molar-refractivity contribution is 7.85. The Morgan fingerprint density at radius 3 is 2.37 bits per heavy atom. The largest absolute Gasteiger partial charge is 0.254 e. The van der Waals surface area contributed by atoms with Crippen LogP contribution in [0.25, 0.3) is 0 Å². The van der Waals surface area contributed by atoms with Crippen molar-refractivity contribution in [3.8, 4) is 6.07 Å². The normalized spacial score (nSPS) is 13.5. The molecule has 0 aromatic heterocycles. The lowest BCUT2D eigenvalue weighted by Crippen LogP contribution is -2.08. The van der Waals surface area contributed by atoms with Crippen LogP contribution in [0.1, 0.15) is 11.5 Å². The number of benzene rings is 2.